The molecule has 63 heavy (non-hydrogen) atoms. The molecule has 4 heterocycles. The van der Waals surface area contributed by atoms with Crippen molar-refractivity contribution in [3.8, 4) is 23.0 Å². The number of amides is 4. The summed E-state index contributed by atoms with van der Waals surface area (Å²) in [5, 5.41) is 6.29. The third-order valence-corrected chi connectivity index (χ3v) is 15.4. The van der Waals surface area contributed by atoms with Crippen LogP contribution in [0.3, 0.4) is 0 Å². The van der Waals surface area contributed by atoms with Gasteiger partial charge in [-0.1, -0.05) is 25.0 Å². The number of carbonyl (C=O) groups excluding carboxylic acids is 4. The Hall–Kier alpha value is -5.78. The molecule has 18 heteroatoms. The van der Waals surface area contributed by atoms with Gasteiger partial charge in [0.1, 0.15) is 52.5 Å². The van der Waals surface area contributed by atoms with E-state index >= 15 is 0 Å². The Morgan fingerprint density at radius 2 is 1.75 bits per heavy atom. The van der Waals surface area contributed by atoms with Gasteiger partial charge in [0.15, 0.2) is 5.82 Å². The van der Waals surface area contributed by atoms with E-state index in [0.29, 0.717) is 53.5 Å². The molecule has 3 N–H and O–H groups in total. The zero-order valence-corrected chi connectivity index (χ0v) is 36.0. The number of fused-ring (bicyclic) bond motifs is 5. The number of alkyl carbamates (subject to hydrolysis) is 1. The molecule has 5 aliphatic rings. The molecule has 0 spiro atoms. The minimum Gasteiger partial charge on any atom is -0.497 e. The number of hydrogen-bond donors (Lipinski definition) is 3. The van der Waals surface area contributed by atoms with Crippen LogP contribution in [0.25, 0.3) is 33.5 Å². The lowest BCUT2D eigenvalue weighted by Gasteiger charge is -2.30. The lowest BCUT2D eigenvalue weighted by atomic mass is 10.0. The maximum Gasteiger partial charge on any atom is 0.408 e. The first kappa shape index (κ1) is 42.5. The van der Waals surface area contributed by atoms with Crippen LogP contribution in [-0.4, -0.2) is 95.3 Å². The Kier molecular flexibility index (Phi) is 11.3. The smallest absolute Gasteiger partial charge is 0.408 e. The number of halogens is 1. The molecule has 3 aliphatic carbocycles. The standard InChI is InChI=1S/C45H51FN6O10S/c1-44(20-21-44)63(57,58)51-42(55)45-24-27(45)10-6-4-3-5-7-13-33(47-43(56)61-29-11-8-9-12-29)41(54)52-25-31(23-34(52)39(53)50-45)60-40-37-36(32-22-30(59-2)18-19-35(32)62-37)48-38(49-40)26-14-16-28(46)17-15-26/h6,10,14-19,22,27,29,31,33-34H,3-5,7-9,11-13,20-21,23-25H2,1-2H3,(H,47,56)(H,50,53)(H,51,55)/b10-6-. The molecule has 2 aromatic heterocycles. The maximum atomic E-state index is 14.8. The van der Waals surface area contributed by atoms with Gasteiger partial charge in [-0.15, -0.1) is 0 Å². The van der Waals surface area contributed by atoms with Crippen LogP contribution in [0, 0.1) is 11.7 Å². The third kappa shape index (κ3) is 8.53. The first-order valence-electron chi connectivity index (χ1n) is 21.8. The van der Waals surface area contributed by atoms with Crippen molar-refractivity contribution >= 4 is 55.9 Å². The summed E-state index contributed by atoms with van der Waals surface area (Å²) in [4.78, 5) is 67.7. The second-order valence-electron chi connectivity index (χ2n) is 17.7. The summed E-state index contributed by atoms with van der Waals surface area (Å²) in [5.74, 6) is -2.24. The van der Waals surface area contributed by atoms with Crippen LogP contribution >= 0.6 is 0 Å². The molecule has 2 aromatic carbocycles. The van der Waals surface area contributed by atoms with E-state index in [9.17, 15) is 32.0 Å². The van der Waals surface area contributed by atoms with E-state index < -0.39 is 74.0 Å². The molecule has 0 radical (unpaired) electrons. The number of nitrogens with one attached hydrogen (secondary N) is 3. The van der Waals surface area contributed by atoms with Gasteiger partial charge in [-0.2, -0.15) is 4.98 Å². The van der Waals surface area contributed by atoms with Crippen LogP contribution in [0.15, 0.2) is 59.0 Å². The molecule has 2 aliphatic heterocycles. The Bertz CT molecular complexity index is 2590. The van der Waals surface area contributed by atoms with Gasteiger partial charge in [0.25, 0.3) is 11.8 Å². The van der Waals surface area contributed by atoms with Gasteiger partial charge in [-0.05, 0) is 114 Å². The number of ether oxygens (including phenoxy) is 3. The van der Waals surface area contributed by atoms with E-state index in [1.165, 1.54) is 36.3 Å². The predicted molar refractivity (Wildman–Crippen MR) is 227 cm³/mol. The molecule has 334 valence electrons. The van der Waals surface area contributed by atoms with E-state index in [4.69, 9.17) is 28.6 Å². The van der Waals surface area contributed by atoms with Crippen molar-refractivity contribution in [1.29, 1.82) is 0 Å². The number of sulfonamides is 1. The minimum absolute atomic E-state index is 0.00641. The van der Waals surface area contributed by atoms with Gasteiger partial charge in [0.05, 0.1) is 23.8 Å². The average molecular weight is 887 g/mol. The highest BCUT2D eigenvalue weighted by molar-refractivity contribution is 7.91. The number of aromatic nitrogens is 2. The summed E-state index contributed by atoms with van der Waals surface area (Å²) in [6.07, 6.45) is 9.24. The summed E-state index contributed by atoms with van der Waals surface area (Å²) >= 11 is 0. The Morgan fingerprint density at radius 1 is 0.984 bits per heavy atom. The van der Waals surface area contributed by atoms with E-state index in [0.717, 1.165) is 38.5 Å². The lowest BCUT2D eigenvalue weighted by molar-refractivity contribution is -0.141. The SMILES string of the molecule is COc1ccc2oc3c(OC4CC5C(=O)NC6(C(=O)NS(=O)(=O)C7(C)CC7)CC6/C=C\CCCCCC(NC(=O)OC6CCCC6)C(=O)N5C4)nc(-c4ccc(F)cc4)nc3c2c1. The number of hydrogen-bond acceptors (Lipinski definition) is 12. The molecule has 1 saturated heterocycles. The van der Waals surface area contributed by atoms with E-state index in [1.54, 1.807) is 25.1 Å². The Balaban J connectivity index is 1.06. The number of methoxy groups -OCH3 is 1. The molecule has 5 atom stereocenters. The summed E-state index contributed by atoms with van der Waals surface area (Å²) in [7, 11) is -2.51. The minimum atomic E-state index is -4.04. The molecule has 3 saturated carbocycles. The fraction of sp³-hybridized carbons (Fsp3) is 0.511. The van der Waals surface area contributed by atoms with Crippen LogP contribution in [0.1, 0.15) is 90.4 Å². The van der Waals surface area contributed by atoms with Crippen LogP contribution in [0.4, 0.5) is 9.18 Å². The summed E-state index contributed by atoms with van der Waals surface area (Å²) in [5.41, 5.74) is -0.0619. The van der Waals surface area contributed by atoms with E-state index in [1.807, 2.05) is 12.2 Å². The van der Waals surface area contributed by atoms with Gasteiger partial charge in [-0.3, -0.25) is 19.1 Å². The highest BCUT2D eigenvalue weighted by Crippen LogP contribution is 2.48. The molecule has 16 nitrogen and oxygen atoms in total. The molecule has 9 rings (SSSR count). The van der Waals surface area contributed by atoms with Gasteiger partial charge in [0.2, 0.25) is 27.4 Å². The summed E-state index contributed by atoms with van der Waals surface area (Å²) in [6.45, 7) is 1.44. The van der Waals surface area contributed by atoms with Crippen molar-refractivity contribution in [2.75, 3.05) is 13.7 Å². The average Bonchev–Trinajstić information content (AvgIpc) is 3.93. The number of nitrogens with zero attached hydrogens (tertiary/aromatic N) is 3. The Morgan fingerprint density at radius 3 is 2.49 bits per heavy atom. The molecular formula is C45H51FN6O10S. The first-order chi connectivity index (χ1) is 30.3. The monoisotopic (exact) mass is 886 g/mol. The number of rotatable bonds is 9. The first-order valence-corrected chi connectivity index (χ1v) is 23.3. The Labute approximate surface area is 363 Å². The van der Waals surface area contributed by atoms with Crippen molar-refractivity contribution in [2.24, 2.45) is 5.92 Å². The number of carbonyl (C=O) groups is 4. The highest BCUT2D eigenvalue weighted by Gasteiger charge is 2.63. The number of benzene rings is 2. The molecule has 4 amide bonds. The predicted octanol–water partition coefficient (Wildman–Crippen LogP) is 5.97. The second kappa shape index (κ2) is 16.7. The maximum absolute atomic E-state index is 14.8. The normalized spacial score (nSPS) is 26.7. The molecule has 5 unspecified atom stereocenters. The summed E-state index contributed by atoms with van der Waals surface area (Å²) < 4.78 is 65.8. The van der Waals surface area contributed by atoms with Crippen molar-refractivity contribution in [3.63, 3.8) is 0 Å². The third-order valence-electron chi connectivity index (χ3n) is 13.2. The van der Waals surface area contributed by atoms with Gasteiger partial charge in [0, 0.05) is 17.9 Å². The van der Waals surface area contributed by atoms with Crippen molar-refractivity contribution < 1.29 is 50.6 Å². The van der Waals surface area contributed by atoms with Gasteiger partial charge >= 0.3 is 6.09 Å². The quantitative estimate of drug-likeness (QED) is 0.166. The largest absolute Gasteiger partial charge is 0.497 e. The number of allylic oxidation sites excluding steroid dienone is 1. The fourth-order valence-electron chi connectivity index (χ4n) is 8.97. The number of furan rings is 1. The molecule has 4 fully saturated rings. The summed E-state index contributed by atoms with van der Waals surface area (Å²) in [6, 6.07) is 8.58. The van der Waals surface area contributed by atoms with Crippen molar-refractivity contribution in [1.82, 2.24) is 30.2 Å². The van der Waals surface area contributed by atoms with Crippen LogP contribution < -0.4 is 24.8 Å². The van der Waals surface area contributed by atoms with Crippen LogP contribution in [-0.2, 0) is 29.1 Å². The van der Waals surface area contributed by atoms with Crippen molar-refractivity contribution in [3.05, 3.63) is 60.4 Å². The van der Waals surface area contributed by atoms with Crippen LogP contribution in [0.2, 0.25) is 0 Å². The molecular weight excluding hydrogens is 836 g/mol. The fourth-order valence-corrected chi connectivity index (χ4v) is 10.3. The molecule has 4 aromatic rings. The van der Waals surface area contributed by atoms with Crippen molar-refractivity contribution in [2.45, 2.75) is 125 Å². The van der Waals surface area contributed by atoms with Gasteiger partial charge < -0.3 is 34.2 Å². The highest BCUT2D eigenvalue weighted by atomic mass is 32.2. The molecule has 0 bridgehead atoms. The zero-order valence-electron chi connectivity index (χ0n) is 35.2. The van der Waals surface area contributed by atoms with E-state index in [-0.39, 0.29) is 49.2 Å². The topological polar surface area (TPSA) is 208 Å². The zero-order chi connectivity index (χ0) is 44.1. The van der Waals surface area contributed by atoms with Crippen LogP contribution in [0.5, 0.6) is 11.6 Å². The van der Waals surface area contributed by atoms with E-state index in [2.05, 4.69) is 15.4 Å². The van der Waals surface area contributed by atoms with Gasteiger partial charge in [-0.25, -0.2) is 22.6 Å². The lowest BCUT2D eigenvalue weighted by Crippen LogP contribution is -2.58. The second-order valence-corrected chi connectivity index (χ2v) is 19.9.